The second-order valence-corrected chi connectivity index (χ2v) is 7.64. The molecule has 3 rings (SSSR count). The zero-order valence-electron chi connectivity index (χ0n) is 16.5. The van der Waals surface area contributed by atoms with Gasteiger partial charge in [-0.2, -0.15) is 5.10 Å². The number of anilines is 1. The van der Waals surface area contributed by atoms with Crippen LogP contribution >= 0.6 is 0 Å². The first kappa shape index (κ1) is 19.5. The Labute approximate surface area is 162 Å². The Kier molecular flexibility index (Phi) is 4.66. The van der Waals surface area contributed by atoms with Crippen LogP contribution in [0.15, 0.2) is 31.0 Å². The van der Waals surface area contributed by atoms with Crippen LogP contribution in [0.3, 0.4) is 0 Å². The van der Waals surface area contributed by atoms with Gasteiger partial charge in [0.05, 0.1) is 17.4 Å². The van der Waals surface area contributed by atoms with Crippen molar-refractivity contribution in [1.82, 2.24) is 19.7 Å². The zero-order valence-corrected chi connectivity index (χ0v) is 16.5. The number of benzene rings is 1. The number of rotatable bonds is 3. The van der Waals surface area contributed by atoms with Gasteiger partial charge in [0.2, 0.25) is 5.95 Å². The van der Waals surface area contributed by atoms with Gasteiger partial charge in [0.15, 0.2) is 5.82 Å². The molecule has 1 aromatic carbocycles. The lowest BCUT2D eigenvalue weighted by Gasteiger charge is -2.31. The molecule has 0 bridgehead atoms. The van der Waals surface area contributed by atoms with Gasteiger partial charge in [0, 0.05) is 23.5 Å². The summed E-state index contributed by atoms with van der Waals surface area (Å²) in [6.07, 6.45) is -0.218. The first-order chi connectivity index (χ1) is 13.0. The maximum absolute atomic E-state index is 14.6. The van der Waals surface area contributed by atoms with Gasteiger partial charge in [-0.05, 0) is 45.4 Å². The zero-order chi connectivity index (χ0) is 20.8. The van der Waals surface area contributed by atoms with Crippen molar-refractivity contribution in [2.24, 2.45) is 7.05 Å². The standard InChI is InChI=1S/C20H22FN5O2/c1-11(2)17-13-9-12(7-8-15(13)24-25(17)6)16-14(21)10-22-18(23-16)26(19(27)28)20(3,4)5/h7-10H,1H2,2-6H3,(H,27,28). The highest BCUT2D eigenvalue weighted by Gasteiger charge is 2.31. The smallest absolute Gasteiger partial charge is 0.414 e. The average Bonchev–Trinajstić information content (AvgIpc) is 2.89. The molecule has 2 heterocycles. The number of fused-ring (bicyclic) bond motifs is 1. The predicted octanol–water partition coefficient (Wildman–Crippen LogP) is 4.49. The molecule has 146 valence electrons. The summed E-state index contributed by atoms with van der Waals surface area (Å²) in [4.78, 5) is 20.8. The molecule has 28 heavy (non-hydrogen) atoms. The fraction of sp³-hybridized carbons (Fsp3) is 0.300. The van der Waals surface area contributed by atoms with Crippen molar-refractivity contribution in [2.75, 3.05) is 4.90 Å². The highest BCUT2D eigenvalue weighted by molar-refractivity contribution is 5.93. The van der Waals surface area contributed by atoms with E-state index in [-0.39, 0.29) is 11.6 Å². The number of amides is 1. The number of halogens is 1. The van der Waals surface area contributed by atoms with E-state index in [2.05, 4.69) is 21.6 Å². The molecule has 0 aliphatic rings. The Morgan fingerprint density at radius 2 is 2.00 bits per heavy atom. The molecule has 0 aliphatic heterocycles. The van der Waals surface area contributed by atoms with E-state index in [1.165, 1.54) is 0 Å². The van der Waals surface area contributed by atoms with E-state index in [4.69, 9.17) is 0 Å². The minimum Gasteiger partial charge on any atom is -0.465 e. The monoisotopic (exact) mass is 383 g/mol. The molecule has 0 saturated heterocycles. The van der Waals surface area contributed by atoms with E-state index < -0.39 is 17.4 Å². The van der Waals surface area contributed by atoms with E-state index in [1.54, 1.807) is 43.7 Å². The first-order valence-electron chi connectivity index (χ1n) is 8.69. The Balaban J connectivity index is 2.20. The average molecular weight is 383 g/mol. The lowest BCUT2D eigenvalue weighted by molar-refractivity contribution is 0.195. The molecular formula is C20H22FN5O2. The molecule has 0 atom stereocenters. The number of allylic oxidation sites excluding steroid dienone is 1. The predicted molar refractivity (Wildman–Crippen MR) is 107 cm³/mol. The van der Waals surface area contributed by atoms with Gasteiger partial charge in [0.1, 0.15) is 5.69 Å². The van der Waals surface area contributed by atoms with Gasteiger partial charge in [-0.3, -0.25) is 4.68 Å². The van der Waals surface area contributed by atoms with Crippen LogP contribution in [0.5, 0.6) is 0 Å². The molecule has 7 nitrogen and oxygen atoms in total. The summed E-state index contributed by atoms with van der Waals surface area (Å²) in [5.41, 5.74) is 2.16. The number of carbonyl (C=O) groups is 1. The fourth-order valence-electron chi connectivity index (χ4n) is 3.19. The summed E-state index contributed by atoms with van der Waals surface area (Å²) in [7, 11) is 1.82. The molecule has 8 heteroatoms. The van der Waals surface area contributed by atoms with E-state index >= 15 is 0 Å². The van der Waals surface area contributed by atoms with Crippen molar-refractivity contribution in [3.05, 3.63) is 42.5 Å². The Bertz CT molecular complexity index is 1100. The van der Waals surface area contributed by atoms with Crippen molar-refractivity contribution in [1.29, 1.82) is 0 Å². The van der Waals surface area contributed by atoms with Gasteiger partial charge >= 0.3 is 6.09 Å². The second-order valence-electron chi connectivity index (χ2n) is 7.64. The minimum absolute atomic E-state index is 0.0268. The SMILES string of the molecule is C=C(C)c1c2cc(-c3nc(N(C(=O)O)C(C)(C)C)ncc3F)ccc2nn1C. The third-order valence-corrected chi connectivity index (χ3v) is 4.30. The second kappa shape index (κ2) is 6.70. The number of hydrogen-bond donors (Lipinski definition) is 1. The van der Waals surface area contributed by atoms with Crippen LogP contribution in [0, 0.1) is 5.82 Å². The molecule has 1 amide bonds. The third-order valence-electron chi connectivity index (χ3n) is 4.30. The maximum atomic E-state index is 14.6. The summed E-state index contributed by atoms with van der Waals surface area (Å²) < 4.78 is 16.3. The Morgan fingerprint density at radius 3 is 2.57 bits per heavy atom. The molecule has 1 N–H and O–H groups in total. The fourth-order valence-corrected chi connectivity index (χ4v) is 3.19. The normalized spacial score (nSPS) is 11.6. The summed E-state index contributed by atoms with van der Waals surface area (Å²) >= 11 is 0. The topological polar surface area (TPSA) is 84.1 Å². The Hall–Kier alpha value is -3.29. The molecule has 0 unspecified atom stereocenters. The van der Waals surface area contributed by atoms with Gasteiger partial charge in [-0.1, -0.05) is 12.6 Å². The first-order valence-corrected chi connectivity index (χ1v) is 8.69. The van der Waals surface area contributed by atoms with Gasteiger partial charge in [-0.15, -0.1) is 0 Å². The quantitative estimate of drug-likeness (QED) is 0.721. The van der Waals surface area contributed by atoms with Crippen molar-refractivity contribution in [3.8, 4) is 11.3 Å². The highest BCUT2D eigenvalue weighted by Crippen LogP contribution is 2.30. The van der Waals surface area contributed by atoms with Crippen LogP contribution in [0.4, 0.5) is 15.1 Å². The number of aromatic nitrogens is 4. The number of nitrogens with zero attached hydrogens (tertiary/aromatic N) is 5. The molecule has 0 radical (unpaired) electrons. The molecule has 0 aliphatic carbocycles. The van der Waals surface area contributed by atoms with Gasteiger partial charge < -0.3 is 5.11 Å². The van der Waals surface area contributed by atoms with Crippen LogP contribution in [0.2, 0.25) is 0 Å². The maximum Gasteiger partial charge on any atom is 0.414 e. The number of carboxylic acid groups (broad SMARTS) is 1. The van der Waals surface area contributed by atoms with E-state index in [0.29, 0.717) is 5.56 Å². The van der Waals surface area contributed by atoms with Crippen molar-refractivity contribution in [2.45, 2.75) is 33.2 Å². The van der Waals surface area contributed by atoms with Gasteiger partial charge in [-0.25, -0.2) is 24.1 Å². The molecule has 3 aromatic rings. The van der Waals surface area contributed by atoms with Crippen molar-refractivity contribution >= 4 is 28.5 Å². The summed E-state index contributed by atoms with van der Waals surface area (Å²) in [6, 6.07) is 5.26. The molecule has 0 saturated carbocycles. The van der Waals surface area contributed by atoms with E-state index in [9.17, 15) is 14.3 Å². The highest BCUT2D eigenvalue weighted by atomic mass is 19.1. The van der Waals surface area contributed by atoms with Crippen LogP contribution in [0.1, 0.15) is 33.4 Å². The lowest BCUT2D eigenvalue weighted by Crippen LogP contribution is -2.46. The van der Waals surface area contributed by atoms with E-state index in [0.717, 1.165) is 33.3 Å². The van der Waals surface area contributed by atoms with Crippen LogP contribution in [-0.2, 0) is 7.05 Å². The van der Waals surface area contributed by atoms with Crippen LogP contribution in [-0.4, -0.2) is 36.5 Å². The van der Waals surface area contributed by atoms with Crippen LogP contribution in [0.25, 0.3) is 27.7 Å². The summed E-state index contributed by atoms with van der Waals surface area (Å²) in [6.45, 7) is 11.0. The molecule has 0 spiro atoms. The third kappa shape index (κ3) is 3.33. The van der Waals surface area contributed by atoms with Crippen molar-refractivity contribution < 1.29 is 14.3 Å². The molecular weight excluding hydrogens is 361 g/mol. The molecule has 2 aromatic heterocycles. The lowest BCUT2D eigenvalue weighted by atomic mass is 10.0. The minimum atomic E-state index is -1.21. The van der Waals surface area contributed by atoms with Crippen LogP contribution < -0.4 is 4.90 Å². The summed E-state index contributed by atoms with van der Waals surface area (Å²) in [5.74, 6) is -0.717. The number of aryl methyl sites for hydroxylation is 1. The largest absolute Gasteiger partial charge is 0.465 e. The Morgan fingerprint density at radius 1 is 1.32 bits per heavy atom. The molecule has 0 fully saturated rings. The van der Waals surface area contributed by atoms with Gasteiger partial charge in [0.25, 0.3) is 0 Å². The van der Waals surface area contributed by atoms with Crippen molar-refractivity contribution in [3.63, 3.8) is 0 Å². The van der Waals surface area contributed by atoms with E-state index in [1.807, 2.05) is 14.0 Å². The summed E-state index contributed by atoms with van der Waals surface area (Å²) in [5, 5.41) is 14.8. The number of hydrogen-bond acceptors (Lipinski definition) is 4.